The fourth-order valence-corrected chi connectivity index (χ4v) is 3.93. The molecule has 0 bridgehead atoms. The van der Waals surface area contributed by atoms with Crippen LogP contribution in [0.5, 0.6) is 11.5 Å². The summed E-state index contributed by atoms with van der Waals surface area (Å²) >= 11 is 1.39. The highest BCUT2D eigenvalue weighted by molar-refractivity contribution is 7.98. The number of carbonyl (C=O) groups is 1. The molecule has 4 aromatic rings. The highest BCUT2D eigenvalue weighted by atomic mass is 32.2. The quantitative estimate of drug-likeness (QED) is 0.310. The molecule has 4 rings (SSSR count). The number of benzene rings is 2. The standard InChI is InChI=1S/C23H22N6O3S/c1-15-5-10-20(32-3)18(13-15)26-22(30)21-19(14-33-23-24-11-4-12-25-23)29(28-27-21)16-6-8-17(31-2)9-7-16/h4-13H,14H2,1-3H3,(H,26,30). The van der Waals surface area contributed by atoms with E-state index in [4.69, 9.17) is 9.47 Å². The molecule has 2 aromatic carbocycles. The van der Waals surface area contributed by atoms with Crippen molar-refractivity contribution in [3.63, 3.8) is 0 Å². The van der Waals surface area contributed by atoms with Gasteiger partial charge in [-0.1, -0.05) is 23.0 Å². The lowest BCUT2D eigenvalue weighted by Crippen LogP contribution is -2.16. The van der Waals surface area contributed by atoms with Crippen LogP contribution in [0.25, 0.3) is 5.69 Å². The predicted octanol–water partition coefficient (Wildman–Crippen LogP) is 3.93. The molecule has 0 radical (unpaired) electrons. The zero-order chi connectivity index (χ0) is 23.2. The van der Waals surface area contributed by atoms with E-state index in [-0.39, 0.29) is 11.6 Å². The van der Waals surface area contributed by atoms with E-state index in [0.29, 0.717) is 28.0 Å². The molecular weight excluding hydrogens is 440 g/mol. The van der Waals surface area contributed by atoms with Crippen molar-refractivity contribution >= 4 is 23.4 Å². The summed E-state index contributed by atoms with van der Waals surface area (Å²) < 4.78 is 12.3. The van der Waals surface area contributed by atoms with Gasteiger partial charge in [0.2, 0.25) is 0 Å². The summed E-state index contributed by atoms with van der Waals surface area (Å²) in [7, 11) is 3.16. The minimum atomic E-state index is -0.386. The maximum Gasteiger partial charge on any atom is 0.278 e. The third-order valence-electron chi connectivity index (χ3n) is 4.78. The van der Waals surface area contributed by atoms with Crippen molar-refractivity contribution in [1.82, 2.24) is 25.0 Å². The number of amides is 1. The van der Waals surface area contributed by atoms with Gasteiger partial charge < -0.3 is 14.8 Å². The SMILES string of the molecule is COc1ccc(-n2nnc(C(=O)Nc3cc(C)ccc3OC)c2CSc2ncccn2)cc1. The van der Waals surface area contributed by atoms with Gasteiger partial charge in [0.05, 0.1) is 31.3 Å². The Morgan fingerprint density at radius 3 is 2.52 bits per heavy atom. The van der Waals surface area contributed by atoms with Crippen LogP contribution >= 0.6 is 11.8 Å². The minimum Gasteiger partial charge on any atom is -0.497 e. The van der Waals surface area contributed by atoms with E-state index in [1.165, 1.54) is 11.8 Å². The number of nitrogens with zero attached hydrogens (tertiary/aromatic N) is 5. The lowest BCUT2D eigenvalue weighted by molar-refractivity contribution is 0.102. The predicted molar refractivity (Wildman–Crippen MR) is 125 cm³/mol. The molecule has 2 heterocycles. The maximum absolute atomic E-state index is 13.2. The number of thioether (sulfide) groups is 1. The summed E-state index contributed by atoms with van der Waals surface area (Å²) in [5, 5.41) is 11.9. The number of aryl methyl sites for hydroxylation is 1. The van der Waals surface area contributed by atoms with Gasteiger partial charge in [-0.15, -0.1) is 5.10 Å². The first-order valence-corrected chi connectivity index (χ1v) is 11.0. The Bertz CT molecular complexity index is 1250. The molecule has 0 saturated heterocycles. The maximum atomic E-state index is 13.2. The largest absolute Gasteiger partial charge is 0.497 e. The van der Waals surface area contributed by atoms with Crippen LogP contribution in [0, 0.1) is 6.92 Å². The fourth-order valence-electron chi connectivity index (χ4n) is 3.13. The summed E-state index contributed by atoms with van der Waals surface area (Å²) in [4.78, 5) is 21.7. The van der Waals surface area contributed by atoms with Crippen molar-refractivity contribution in [3.8, 4) is 17.2 Å². The van der Waals surface area contributed by atoms with Gasteiger partial charge in [-0.05, 0) is 55.0 Å². The smallest absolute Gasteiger partial charge is 0.278 e. The highest BCUT2D eigenvalue weighted by Gasteiger charge is 2.22. The van der Waals surface area contributed by atoms with E-state index in [2.05, 4.69) is 25.6 Å². The Morgan fingerprint density at radius 1 is 1.06 bits per heavy atom. The van der Waals surface area contributed by atoms with Gasteiger partial charge in [-0.25, -0.2) is 14.6 Å². The molecule has 168 valence electrons. The van der Waals surface area contributed by atoms with Crippen LogP contribution in [0.3, 0.4) is 0 Å². The number of ether oxygens (including phenoxy) is 2. The average molecular weight is 463 g/mol. The molecule has 10 heteroatoms. The van der Waals surface area contributed by atoms with Gasteiger partial charge in [0.15, 0.2) is 10.9 Å². The molecule has 0 aliphatic carbocycles. The lowest BCUT2D eigenvalue weighted by atomic mass is 10.2. The molecule has 33 heavy (non-hydrogen) atoms. The number of anilines is 1. The average Bonchev–Trinajstić information content (AvgIpc) is 3.27. The first-order valence-electron chi connectivity index (χ1n) is 10.0. The molecule has 0 atom stereocenters. The molecule has 9 nitrogen and oxygen atoms in total. The summed E-state index contributed by atoms with van der Waals surface area (Å²) in [6.45, 7) is 1.94. The van der Waals surface area contributed by atoms with Gasteiger partial charge in [0.1, 0.15) is 11.5 Å². The Balaban J connectivity index is 1.68. The van der Waals surface area contributed by atoms with Crippen molar-refractivity contribution < 1.29 is 14.3 Å². The van der Waals surface area contributed by atoms with Crippen molar-refractivity contribution in [1.29, 1.82) is 0 Å². The zero-order valence-electron chi connectivity index (χ0n) is 18.3. The molecule has 2 aromatic heterocycles. The number of methoxy groups -OCH3 is 2. The molecule has 0 aliphatic heterocycles. The van der Waals surface area contributed by atoms with Crippen LogP contribution in [0.1, 0.15) is 21.7 Å². The third kappa shape index (κ3) is 5.12. The topological polar surface area (TPSA) is 104 Å². The summed E-state index contributed by atoms with van der Waals surface area (Å²) in [6.07, 6.45) is 3.35. The van der Waals surface area contributed by atoms with E-state index in [1.54, 1.807) is 37.4 Å². The zero-order valence-corrected chi connectivity index (χ0v) is 19.2. The van der Waals surface area contributed by atoms with Crippen LogP contribution in [0.2, 0.25) is 0 Å². The monoisotopic (exact) mass is 462 g/mol. The lowest BCUT2D eigenvalue weighted by Gasteiger charge is -2.11. The van der Waals surface area contributed by atoms with Gasteiger partial charge in [-0.3, -0.25) is 4.79 Å². The number of hydrogen-bond acceptors (Lipinski definition) is 8. The van der Waals surface area contributed by atoms with Gasteiger partial charge >= 0.3 is 0 Å². The van der Waals surface area contributed by atoms with Crippen LogP contribution in [-0.4, -0.2) is 45.1 Å². The Labute approximate surface area is 195 Å². The summed E-state index contributed by atoms with van der Waals surface area (Å²) in [6, 6.07) is 14.7. The van der Waals surface area contributed by atoms with Crippen LogP contribution < -0.4 is 14.8 Å². The molecule has 0 unspecified atom stereocenters. The molecule has 1 N–H and O–H groups in total. The molecule has 1 amide bonds. The van der Waals surface area contributed by atoms with E-state index in [0.717, 1.165) is 17.0 Å². The van der Waals surface area contributed by atoms with E-state index in [1.807, 2.05) is 49.4 Å². The molecule has 0 spiro atoms. The first-order chi connectivity index (χ1) is 16.1. The molecule has 0 fully saturated rings. The van der Waals surface area contributed by atoms with Crippen molar-refractivity contribution in [2.45, 2.75) is 17.8 Å². The van der Waals surface area contributed by atoms with Crippen molar-refractivity contribution in [2.24, 2.45) is 0 Å². The van der Waals surface area contributed by atoms with E-state index >= 15 is 0 Å². The summed E-state index contributed by atoms with van der Waals surface area (Å²) in [5.74, 6) is 1.28. The summed E-state index contributed by atoms with van der Waals surface area (Å²) in [5.41, 5.74) is 3.12. The second kappa shape index (κ2) is 10.1. The number of rotatable bonds is 8. The fraction of sp³-hybridized carbons (Fsp3) is 0.174. The van der Waals surface area contributed by atoms with Gasteiger partial charge in [-0.2, -0.15) is 0 Å². The van der Waals surface area contributed by atoms with E-state index in [9.17, 15) is 4.79 Å². The van der Waals surface area contributed by atoms with Crippen molar-refractivity contribution in [2.75, 3.05) is 19.5 Å². The Hall–Kier alpha value is -3.92. The normalized spacial score (nSPS) is 10.6. The molecule has 0 aliphatic rings. The minimum absolute atomic E-state index is 0.206. The molecular formula is C23H22N6O3S. The number of carbonyl (C=O) groups excluding carboxylic acids is 1. The second-order valence-electron chi connectivity index (χ2n) is 6.97. The first kappa shape index (κ1) is 22.3. The number of nitrogens with one attached hydrogen (secondary N) is 1. The van der Waals surface area contributed by atoms with Gasteiger partial charge in [0.25, 0.3) is 5.91 Å². The number of hydrogen-bond donors (Lipinski definition) is 1. The van der Waals surface area contributed by atoms with Crippen LogP contribution in [0.4, 0.5) is 5.69 Å². The second-order valence-corrected chi connectivity index (χ2v) is 7.91. The van der Waals surface area contributed by atoms with Crippen LogP contribution in [-0.2, 0) is 5.75 Å². The number of aromatic nitrogens is 5. The van der Waals surface area contributed by atoms with Gasteiger partial charge in [0, 0.05) is 18.1 Å². The van der Waals surface area contributed by atoms with Crippen molar-refractivity contribution in [3.05, 3.63) is 77.9 Å². The third-order valence-corrected chi connectivity index (χ3v) is 5.67. The Kier molecular flexibility index (Phi) is 6.84. The van der Waals surface area contributed by atoms with Crippen LogP contribution in [0.15, 0.2) is 66.1 Å². The Morgan fingerprint density at radius 2 is 1.82 bits per heavy atom. The van der Waals surface area contributed by atoms with E-state index < -0.39 is 0 Å². The highest BCUT2D eigenvalue weighted by Crippen LogP contribution is 2.28. The molecule has 0 saturated carbocycles.